The van der Waals surface area contributed by atoms with Crippen molar-refractivity contribution in [1.29, 1.82) is 10.5 Å². The van der Waals surface area contributed by atoms with Crippen molar-refractivity contribution in [2.24, 2.45) is 0 Å². The summed E-state index contributed by atoms with van der Waals surface area (Å²) in [5.41, 5.74) is 13.3. The topological polar surface area (TPSA) is 127 Å². The van der Waals surface area contributed by atoms with Crippen LogP contribution in [-0.4, -0.2) is 41.0 Å². The molecular formula is C111H126N4O5S7. The van der Waals surface area contributed by atoms with Crippen molar-refractivity contribution in [1.82, 2.24) is 8.75 Å². The van der Waals surface area contributed by atoms with Crippen LogP contribution in [0.5, 0.6) is 23.0 Å². The Hall–Kier alpha value is -8.55. The summed E-state index contributed by atoms with van der Waals surface area (Å²) in [6.45, 7) is 11.9. The van der Waals surface area contributed by atoms with Gasteiger partial charge in [-0.15, -0.1) is 68.0 Å². The van der Waals surface area contributed by atoms with Gasteiger partial charge in [0.25, 0.3) is 0 Å². The van der Waals surface area contributed by atoms with E-state index in [2.05, 4.69) is 160 Å². The van der Waals surface area contributed by atoms with Crippen molar-refractivity contribution in [3.05, 3.63) is 223 Å². The van der Waals surface area contributed by atoms with Crippen LogP contribution < -0.4 is 18.9 Å². The molecule has 0 atom stereocenters. The Balaban J connectivity index is 0.817. The van der Waals surface area contributed by atoms with Gasteiger partial charge in [0, 0.05) is 64.4 Å². The number of carbonyl (C=O) groups excluding carboxylic acids is 1. The number of carbonyl (C=O) groups is 1. The van der Waals surface area contributed by atoms with Crippen LogP contribution in [0.3, 0.4) is 0 Å². The first-order valence-electron chi connectivity index (χ1n) is 48.5. The van der Waals surface area contributed by atoms with E-state index in [9.17, 15) is 15.3 Å². The number of allylic oxidation sites excluding steroid dienone is 3. The maximum absolute atomic E-state index is 14.4. The molecule has 9 nitrogen and oxygen atoms in total. The zero-order valence-corrected chi connectivity index (χ0v) is 81.0. The number of nitrogens with zero attached hydrogens (tertiary/aromatic N) is 4. The zero-order valence-electron chi connectivity index (χ0n) is 75.3. The van der Waals surface area contributed by atoms with Gasteiger partial charge < -0.3 is 18.9 Å². The minimum absolute atomic E-state index is 0.102. The molecule has 0 fully saturated rings. The van der Waals surface area contributed by atoms with Crippen molar-refractivity contribution in [2.45, 2.75) is 295 Å². The lowest BCUT2D eigenvalue weighted by atomic mass is 9.67. The molecular weight excluding hydrogens is 1690 g/mol. The van der Waals surface area contributed by atoms with Crippen molar-refractivity contribution in [3.8, 4) is 65.1 Å². The monoisotopic (exact) mass is 1820 g/mol. The van der Waals surface area contributed by atoms with E-state index in [1.165, 1.54) is 311 Å². The van der Waals surface area contributed by atoms with E-state index in [0.717, 1.165) is 89.2 Å². The summed E-state index contributed by atoms with van der Waals surface area (Å²) in [5, 5.41) is 22.9. The van der Waals surface area contributed by atoms with Crippen LogP contribution in [0.1, 0.15) is 351 Å². The third-order valence-electron chi connectivity index (χ3n) is 26.8. The molecule has 0 N–H and O–H groups in total. The van der Waals surface area contributed by atoms with Crippen LogP contribution in [-0.2, 0) is 10.8 Å². The van der Waals surface area contributed by atoms with Gasteiger partial charge in [0.15, 0.2) is 5.78 Å². The Bertz CT molecular complexity index is 5790. The molecule has 662 valence electrons. The third-order valence-corrected chi connectivity index (χ3v) is 34.8. The van der Waals surface area contributed by atoms with Gasteiger partial charge in [-0.2, -0.15) is 19.3 Å². The Morgan fingerprint density at radius 2 is 0.701 bits per heavy atom. The molecule has 0 amide bonds. The van der Waals surface area contributed by atoms with Crippen molar-refractivity contribution in [3.63, 3.8) is 0 Å². The summed E-state index contributed by atoms with van der Waals surface area (Å²) >= 11 is 12.7. The number of hydrogen-bond donors (Lipinski definition) is 0. The van der Waals surface area contributed by atoms with Crippen molar-refractivity contribution >= 4 is 136 Å². The molecule has 0 saturated carbocycles. The number of rotatable bonds is 54. The molecule has 16 rings (SSSR count). The summed E-state index contributed by atoms with van der Waals surface area (Å²) < 4.78 is 44.9. The summed E-state index contributed by atoms with van der Waals surface area (Å²) in [6, 6.07) is 57.6. The molecule has 3 aliphatic rings. The van der Waals surface area contributed by atoms with Crippen LogP contribution in [0, 0.1) is 22.7 Å². The average Bonchev–Trinajstić information content (AvgIpc) is 1.48. The maximum Gasteiger partial charge on any atom is 0.194 e. The van der Waals surface area contributed by atoms with Crippen molar-refractivity contribution in [2.75, 3.05) is 26.4 Å². The van der Waals surface area contributed by atoms with Crippen LogP contribution in [0.25, 0.3) is 80.8 Å². The molecule has 0 aliphatic heterocycles. The first-order valence-corrected chi connectivity index (χ1v) is 54.2. The molecule has 3 aliphatic carbocycles. The maximum atomic E-state index is 14.4. The number of ketones is 1. The summed E-state index contributed by atoms with van der Waals surface area (Å²) in [4.78, 5) is 20.8. The normalized spacial score (nSPS) is 13.8. The second-order valence-electron chi connectivity index (χ2n) is 35.6. The quantitative estimate of drug-likeness (QED) is 0.0208. The summed E-state index contributed by atoms with van der Waals surface area (Å²) in [6.07, 6.45) is 52.9. The minimum Gasteiger partial charge on any atom is -0.494 e. The number of aromatic nitrogens is 2. The molecule has 0 unspecified atom stereocenters. The number of hydrogen-bond acceptors (Lipinski definition) is 16. The highest BCUT2D eigenvalue weighted by atomic mass is 32.1. The predicted octanol–water partition coefficient (Wildman–Crippen LogP) is 35.2. The number of unbranched alkanes of at least 4 members (excludes halogenated alkanes) is 36. The Labute approximate surface area is 783 Å². The number of ether oxygens (including phenoxy) is 4. The Morgan fingerprint density at radius 3 is 1.09 bits per heavy atom. The van der Waals surface area contributed by atoms with Crippen LogP contribution in [0.15, 0.2) is 162 Å². The van der Waals surface area contributed by atoms with E-state index in [-0.39, 0.29) is 11.4 Å². The van der Waals surface area contributed by atoms with E-state index in [1.54, 1.807) is 12.1 Å². The lowest BCUT2D eigenvalue weighted by molar-refractivity contribution is 0.104. The third kappa shape index (κ3) is 20.0. The molecule has 13 aromatic rings. The highest BCUT2D eigenvalue weighted by molar-refractivity contribution is 7.37. The predicted molar refractivity (Wildman–Crippen MR) is 543 cm³/mol. The van der Waals surface area contributed by atoms with Gasteiger partial charge in [-0.1, -0.05) is 344 Å². The van der Waals surface area contributed by atoms with Gasteiger partial charge in [0.05, 0.1) is 87.3 Å². The van der Waals surface area contributed by atoms with E-state index in [0.29, 0.717) is 59.8 Å². The number of thiophene rings is 6. The highest BCUT2D eigenvalue weighted by Crippen LogP contribution is 2.72. The Morgan fingerprint density at radius 1 is 0.354 bits per heavy atom. The van der Waals surface area contributed by atoms with Crippen LogP contribution >= 0.6 is 79.7 Å². The van der Waals surface area contributed by atoms with E-state index < -0.39 is 10.8 Å². The fourth-order valence-corrected chi connectivity index (χ4v) is 29.3. The molecule has 0 radical (unpaired) electrons. The van der Waals surface area contributed by atoms with Gasteiger partial charge in [-0.25, -0.2) is 0 Å². The fraction of sp³-hybridized carbons (Fsp3) is 0.450. The molecule has 0 spiro atoms. The van der Waals surface area contributed by atoms with Gasteiger partial charge in [-0.3, -0.25) is 4.79 Å². The SMILES string of the molecule is CCCCCCCCCCCCOc1ccc(C2(c3ccc(OCCCCCCCCCCCC)cc3)c3c(sc4ccsc34)-c3sc4c5c(sc4c32)-c2sc3cc(-c4ccc(/C=C6\C(=O)c7ccccc7C6=C(C#N)C#N)c6nsnc46)sc3c2C5(c2ccc(OCCCCCCCCCCCC)cc2)c2ccc(OCCCCCCCCCCCC)cc2)cc1. The average molecular weight is 1820 g/mol. The summed E-state index contributed by atoms with van der Waals surface area (Å²) in [7, 11) is 0. The largest absolute Gasteiger partial charge is 0.494 e. The molecule has 127 heavy (non-hydrogen) atoms. The number of fused-ring (bicyclic) bond motifs is 15. The van der Waals surface area contributed by atoms with Crippen LogP contribution in [0.4, 0.5) is 0 Å². The minimum atomic E-state index is -0.844. The standard InChI is InChI=1S/C111H126N4O5S7/c1-5-9-13-17-21-25-29-33-37-43-68-117-83-58-50-79(51-59-83)110(80-52-60-84(61-53-80)118-69-44-38-34-30-26-22-18-14-10-6-2)95-102-91(67-72-121-102)122-104(95)106-97(110)108-109(125-106)98-107(126-108)105-96(103-93(124-105)74-92(123-103)89-66-49-77(99-100(89)115-127-114-99)73-90-94(78(75-112)76-113)87-47-41-42-48-88(87)101(90)116)111(98,81-54-62-85(63-55-81)119-70-45-39-35-31-27-23-19-15-11-7-3)82-56-64-86(65-57-82)120-71-46-40-36-32-28-24-20-16-12-8-4/h41-42,47-67,72-74H,5-40,43-46,68-71H2,1-4H3/b90-73-. The number of Topliss-reactive ketones (excluding diaryl/α,β-unsaturated/α-hetero) is 1. The van der Waals surface area contributed by atoms with E-state index in [4.69, 9.17) is 27.7 Å². The van der Waals surface area contributed by atoms with Gasteiger partial charge in [0.2, 0.25) is 0 Å². The van der Waals surface area contributed by atoms with E-state index in [1.807, 2.05) is 92.3 Å². The summed E-state index contributed by atoms with van der Waals surface area (Å²) in [5.74, 6) is 3.36. The molecule has 0 saturated heterocycles. The molecule has 16 heteroatoms. The smallest absolute Gasteiger partial charge is 0.194 e. The lowest BCUT2D eigenvalue weighted by Gasteiger charge is -2.34. The molecule has 7 heterocycles. The van der Waals surface area contributed by atoms with Gasteiger partial charge in [0.1, 0.15) is 51.7 Å². The highest BCUT2D eigenvalue weighted by Gasteiger charge is 2.57. The fourth-order valence-electron chi connectivity index (χ4n) is 20.0. The second kappa shape index (κ2) is 45.3. The number of benzene rings is 6. The van der Waals surface area contributed by atoms with Crippen LogP contribution in [0.2, 0.25) is 0 Å². The second-order valence-corrected chi connectivity index (χ2v) is 42.2. The molecule has 7 aromatic heterocycles. The lowest BCUT2D eigenvalue weighted by Crippen LogP contribution is -2.29. The Kier molecular flexibility index (Phi) is 32.7. The molecule has 6 aromatic carbocycles. The number of nitriles is 2. The van der Waals surface area contributed by atoms with E-state index >= 15 is 0 Å². The molecule has 0 bridgehead atoms. The first kappa shape index (κ1) is 91.7. The van der Waals surface area contributed by atoms with Gasteiger partial charge >= 0.3 is 0 Å². The van der Waals surface area contributed by atoms with Gasteiger partial charge in [-0.05, 0) is 126 Å². The zero-order chi connectivity index (χ0) is 87.2. The van der Waals surface area contributed by atoms with Crippen molar-refractivity contribution < 1.29 is 23.7 Å². The first-order chi connectivity index (χ1) is 62.8.